The molecule has 0 aliphatic rings. The Hall–Kier alpha value is -2.49. The summed E-state index contributed by atoms with van der Waals surface area (Å²) in [6.07, 6.45) is 0.407. The highest BCUT2D eigenvalue weighted by Gasteiger charge is 2.17. The highest BCUT2D eigenvalue weighted by molar-refractivity contribution is 5.77. The first-order valence-corrected chi connectivity index (χ1v) is 6.04. The van der Waals surface area contributed by atoms with Crippen LogP contribution in [0.25, 0.3) is 0 Å². The lowest BCUT2D eigenvalue weighted by molar-refractivity contribution is -0.137. The molecule has 1 atom stereocenters. The third-order valence-corrected chi connectivity index (χ3v) is 2.83. The molecule has 0 bridgehead atoms. The second kappa shape index (κ2) is 5.91. The van der Waals surface area contributed by atoms with E-state index in [-0.39, 0.29) is 0 Å². The van der Waals surface area contributed by atoms with Crippen molar-refractivity contribution in [1.29, 1.82) is 0 Å². The monoisotopic (exact) mass is 256 g/mol. The molecule has 0 saturated heterocycles. The van der Waals surface area contributed by atoms with Crippen LogP contribution in [0, 0.1) is 0 Å². The average Bonchev–Trinajstić information content (AvgIpc) is 2.41. The molecule has 0 heterocycles. The van der Waals surface area contributed by atoms with Gasteiger partial charge in [0.1, 0.15) is 6.04 Å². The van der Waals surface area contributed by atoms with E-state index in [1.165, 1.54) is 0 Å². The summed E-state index contributed by atoms with van der Waals surface area (Å²) in [6, 6.07) is 15.9. The summed E-state index contributed by atoms with van der Waals surface area (Å²) >= 11 is 0. The number of aliphatic carboxylic acids is 1. The number of carbonyl (C=O) groups is 1. The maximum atomic E-state index is 11.3. The molecule has 0 unspecified atom stereocenters. The Balaban J connectivity index is 2.08. The quantitative estimate of drug-likeness (QED) is 0.718. The van der Waals surface area contributed by atoms with Crippen molar-refractivity contribution in [2.45, 2.75) is 12.5 Å². The Morgan fingerprint density at radius 3 is 2.32 bits per heavy atom. The first-order valence-electron chi connectivity index (χ1n) is 6.04. The molecule has 4 heteroatoms. The fraction of sp³-hybridized carbons (Fsp3) is 0.133. The van der Waals surface area contributed by atoms with Gasteiger partial charge in [-0.2, -0.15) is 0 Å². The van der Waals surface area contributed by atoms with Crippen LogP contribution in [0.2, 0.25) is 0 Å². The van der Waals surface area contributed by atoms with E-state index in [0.29, 0.717) is 12.1 Å². The molecule has 19 heavy (non-hydrogen) atoms. The molecule has 0 spiro atoms. The van der Waals surface area contributed by atoms with Gasteiger partial charge in [-0.05, 0) is 29.8 Å². The highest BCUT2D eigenvalue weighted by Crippen LogP contribution is 2.12. The number of para-hydroxylation sites is 1. The van der Waals surface area contributed by atoms with Gasteiger partial charge in [-0.25, -0.2) is 4.79 Å². The molecule has 0 aromatic heterocycles. The normalized spacial score (nSPS) is 11.8. The van der Waals surface area contributed by atoms with Gasteiger partial charge in [0.2, 0.25) is 0 Å². The maximum absolute atomic E-state index is 11.3. The minimum absolute atomic E-state index is 0.407. The predicted molar refractivity (Wildman–Crippen MR) is 76.0 cm³/mol. The zero-order chi connectivity index (χ0) is 13.7. The Morgan fingerprint density at radius 1 is 1.11 bits per heavy atom. The first kappa shape index (κ1) is 13.0. The Kier molecular flexibility index (Phi) is 4.03. The summed E-state index contributed by atoms with van der Waals surface area (Å²) in [7, 11) is 0. The summed E-state index contributed by atoms with van der Waals surface area (Å²) in [5, 5.41) is 12.3. The summed E-state index contributed by atoms with van der Waals surface area (Å²) in [5.74, 6) is -0.874. The minimum Gasteiger partial charge on any atom is -0.480 e. The first-order chi connectivity index (χ1) is 9.15. The minimum atomic E-state index is -0.874. The van der Waals surface area contributed by atoms with Crippen LogP contribution in [0.5, 0.6) is 0 Å². The van der Waals surface area contributed by atoms with Crippen molar-refractivity contribution in [3.8, 4) is 0 Å². The van der Waals surface area contributed by atoms with Gasteiger partial charge in [-0.3, -0.25) is 0 Å². The van der Waals surface area contributed by atoms with Gasteiger partial charge in [0, 0.05) is 17.8 Å². The van der Waals surface area contributed by atoms with Gasteiger partial charge >= 0.3 is 5.97 Å². The van der Waals surface area contributed by atoms with E-state index in [9.17, 15) is 9.90 Å². The van der Waals surface area contributed by atoms with Gasteiger partial charge in [-0.15, -0.1) is 0 Å². The number of benzene rings is 2. The van der Waals surface area contributed by atoms with Gasteiger partial charge in [0.15, 0.2) is 0 Å². The summed E-state index contributed by atoms with van der Waals surface area (Å²) in [4.78, 5) is 11.3. The number of hydrogen-bond donors (Lipinski definition) is 3. The SMILES string of the molecule is Nc1ccc(C[C@H](Nc2ccccc2)C(=O)O)cc1. The fourth-order valence-electron chi connectivity index (χ4n) is 1.83. The van der Waals surface area contributed by atoms with Crippen LogP contribution >= 0.6 is 0 Å². The molecule has 0 amide bonds. The summed E-state index contributed by atoms with van der Waals surface area (Å²) < 4.78 is 0. The van der Waals surface area contributed by atoms with Crippen LogP contribution in [0.1, 0.15) is 5.56 Å². The lowest BCUT2D eigenvalue weighted by Gasteiger charge is -2.16. The summed E-state index contributed by atoms with van der Waals surface area (Å²) in [5.41, 5.74) is 8.01. The predicted octanol–water partition coefficient (Wildman–Crippen LogP) is 2.38. The molecule has 2 aromatic carbocycles. The third-order valence-electron chi connectivity index (χ3n) is 2.83. The second-order valence-electron chi connectivity index (χ2n) is 4.35. The van der Waals surface area contributed by atoms with E-state index >= 15 is 0 Å². The third kappa shape index (κ3) is 3.74. The van der Waals surface area contributed by atoms with Crippen molar-refractivity contribution in [1.82, 2.24) is 0 Å². The van der Waals surface area contributed by atoms with Gasteiger partial charge in [0.05, 0.1) is 0 Å². The number of carboxylic acid groups (broad SMARTS) is 1. The number of carboxylic acids is 1. The number of rotatable bonds is 5. The van der Waals surface area contributed by atoms with E-state index in [1.54, 1.807) is 12.1 Å². The van der Waals surface area contributed by atoms with Crippen LogP contribution in [0.4, 0.5) is 11.4 Å². The standard InChI is InChI=1S/C15H16N2O2/c16-12-8-6-11(7-9-12)10-14(15(18)19)17-13-4-2-1-3-5-13/h1-9,14,17H,10,16H2,(H,18,19)/t14-/m0/s1. The van der Waals surface area contributed by atoms with Gasteiger partial charge in [-0.1, -0.05) is 30.3 Å². The average molecular weight is 256 g/mol. The van der Waals surface area contributed by atoms with Crippen LogP contribution in [0.3, 0.4) is 0 Å². The molecule has 2 rings (SSSR count). The number of nitrogen functional groups attached to an aromatic ring is 1. The van der Waals surface area contributed by atoms with Crippen molar-refractivity contribution in [2.75, 3.05) is 11.1 Å². The molecule has 98 valence electrons. The molecular formula is C15H16N2O2. The van der Waals surface area contributed by atoms with E-state index in [2.05, 4.69) is 5.32 Å². The molecule has 4 nitrogen and oxygen atoms in total. The Labute approximate surface area is 111 Å². The molecule has 2 aromatic rings. The van der Waals surface area contributed by atoms with Gasteiger partial charge in [0.25, 0.3) is 0 Å². The largest absolute Gasteiger partial charge is 0.480 e. The second-order valence-corrected chi connectivity index (χ2v) is 4.35. The van der Waals surface area contributed by atoms with Crippen molar-refractivity contribution in [2.24, 2.45) is 0 Å². The molecule has 0 aliphatic carbocycles. The maximum Gasteiger partial charge on any atom is 0.326 e. The van der Waals surface area contributed by atoms with E-state index < -0.39 is 12.0 Å². The van der Waals surface area contributed by atoms with Crippen LogP contribution in [0.15, 0.2) is 54.6 Å². The molecule has 0 saturated carbocycles. The number of anilines is 2. The molecular weight excluding hydrogens is 240 g/mol. The number of nitrogens with one attached hydrogen (secondary N) is 1. The zero-order valence-electron chi connectivity index (χ0n) is 10.4. The Morgan fingerprint density at radius 2 is 1.74 bits per heavy atom. The molecule has 4 N–H and O–H groups in total. The fourth-order valence-corrected chi connectivity index (χ4v) is 1.83. The summed E-state index contributed by atoms with van der Waals surface area (Å²) in [6.45, 7) is 0. The molecule has 0 fully saturated rings. The number of nitrogens with two attached hydrogens (primary N) is 1. The molecule has 0 radical (unpaired) electrons. The van der Waals surface area contributed by atoms with Crippen molar-refractivity contribution < 1.29 is 9.90 Å². The highest BCUT2D eigenvalue weighted by atomic mass is 16.4. The lowest BCUT2D eigenvalue weighted by atomic mass is 10.1. The van der Waals surface area contributed by atoms with E-state index in [0.717, 1.165) is 11.3 Å². The number of hydrogen-bond acceptors (Lipinski definition) is 3. The van der Waals surface area contributed by atoms with Gasteiger partial charge < -0.3 is 16.2 Å². The Bertz CT molecular complexity index is 538. The van der Waals surface area contributed by atoms with Crippen LogP contribution in [-0.2, 0) is 11.2 Å². The lowest BCUT2D eigenvalue weighted by Crippen LogP contribution is -2.31. The zero-order valence-corrected chi connectivity index (χ0v) is 10.4. The smallest absolute Gasteiger partial charge is 0.326 e. The van der Waals surface area contributed by atoms with Crippen molar-refractivity contribution >= 4 is 17.3 Å². The van der Waals surface area contributed by atoms with Crippen molar-refractivity contribution in [3.63, 3.8) is 0 Å². The topological polar surface area (TPSA) is 75.3 Å². The van der Waals surface area contributed by atoms with E-state index in [4.69, 9.17) is 5.73 Å². The van der Waals surface area contributed by atoms with Crippen molar-refractivity contribution in [3.05, 3.63) is 60.2 Å². The van der Waals surface area contributed by atoms with E-state index in [1.807, 2.05) is 42.5 Å². The molecule has 0 aliphatic heterocycles. The van der Waals surface area contributed by atoms with Crippen LogP contribution < -0.4 is 11.1 Å². The van der Waals surface area contributed by atoms with Crippen LogP contribution in [-0.4, -0.2) is 17.1 Å².